The average Bonchev–Trinajstić information content (AvgIpc) is 3.45. The van der Waals surface area contributed by atoms with Gasteiger partial charge in [-0.1, -0.05) is 44.2 Å². The summed E-state index contributed by atoms with van der Waals surface area (Å²) in [7, 11) is 0. The van der Waals surface area contributed by atoms with Crippen molar-refractivity contribution < 1.29 is 28.7 Å². The van der Waals surface area contributed by atoms with Crippen molar-refractivity contribution in [1.29, 1.82) is 0 Å². The second-order valence-corrected chi connectivity index (χ2v) is 11.0. The van der Waals surface area contributed by atoms with Gasteiger partial charge in [-0.15, -0.1) is 0 Å². The Balaban J connectivity index is 1.47. The van der Waals surface area contributed by atoms with Gasteiger partial charge in [-0.25, -0.2) is 10.3 Å². The fourth-order valence-electron chi connectivity index (χ4n) is 4.77. The van der Waals surface area contributed by atoms with E-state index in [0.717, 1.165) is 27.9 Å². The van der Waals surface area contributed by atoms with E-state index in [1.54, 1.807) is 38.4 Å². The van der Waals surface area contributed by atoms with Crippen molar-refractivity contribution in [3.8, 4) is 0 Å². The molecule has 1 aromatic heterocycles. The number of fused-ring (bicyclic) bond motifs is 1. The molecule has 3 aromatic rings. The lowest BCUT2D eigenvalue weighted by Gasteiger charge is -2.24. The highest BCUT2D eigenvalue weighted by atomic mass is 16.6. The largest absolute Gasteiger partial charge is 0.460 e. The van der Waals surface area contributed by atoms with Crippen LogP contribution in [0.2, 0.25) is 0 Å². The van der Waals surface area contributed by atoms with Crippen LogP contribution in [0.3, 0.4) is 0 Å². The Morgan fingerprint density at radius 3 is 2.39 bits per heavy atom. The van der Waals surface area contributed by atoms with Crippen molar-refractivity contribution in [1.82, 2.24) is 15.7 Å². The number of benzene rings is 2. The first kappa shape index (κ1) is 27.2. The molecule has 4 rings (SSSR count). The van der Waals surface area contributed by atoms with Gasteiger partial charge in [0.15, 0.2) is 0 Å². The number of hydrogen-bond donors (Lipinski definition) is 3. The summed E-state index contributed by atoms with van der Waals surface area (Å²) in [4.78, 5) is 39.2. The standard InChI is InChI=1S/C29H35N3O6/c1-17(2)25-21(20-8-6-7-9-24(20)37-25)14-18-10-12-19(13-11-18)26(33)30-23-16-32(15-22(23)27(34)31-36)28(35)38-29(3,4)5/h6-13,17,22-23,36H,14-16H2,1-5H3,(H,30,33)(H,31,34)/t22-,23+/m0/s1. The molecule has 0 spiro atoms. The molecular formula is C29H35N3O6. The van der Waals surface area contributed by atoms with Crippen LogP contribution in [0.5, 0.6) is 0 Å². The Bertz CT molecular complexity index is 1320. The molecule has 202 valence electrons. The minimum atomic E-state index is -0.820. The second kappa shape index (κ2) is 10.9. The number of hydrogen-bond acceptors (Lipinski definition) is 6. The van der Waals surface area contributed by atoms with E-state index < -0.39 is 29.6 Å². The van der Waals surface area contributed by atoms with Gasteiger partial charge < -0.3 is 19.4 Å². The first-order valence-electron chi connectivity index (χ1n) is 12.8. The molecule has 3 amide bonds. The van der Waals surface area contributed by atoms with Gasteiger partial charge in [-0.05, 0) is 44.5 Å². The monoisotopic (exact) mass is 521 g/mol. The molecule has 0 radical (unpaired) electrons. The van der Waals surface area contributed by atoms with E-state index >= 15 is 0 Å². The van der Waals surface area contributed by atoms with E-state index in [0.29, 0.717) is 12.0 Å². The fourth-order valence-corrected chi connectivity index (χ4v) is 4.77. The molecule has 3 N–H and O–H groups in total. The summed E-state index contributed by atoms with van der Waals surface area (Å²) in [6, 6.07) is 14.6. The summed E-state index contributed by atoms with van der Waals surface area (Å²) in [6.45, 7) is 9.56. The van der Waals surface area contributed by atoms with Gasteiger partial charge >= 0.3 is 6.09 Å². The first-order chi connectivity index (χ1) is 18.0. The first-order valence-corrected chi connectivity index (χ1v) is 12.8. The number of furan rings is 1. The molecule has 0 bridgehead atoms. The molecule has 9 nitrogen and oxygen atoms in total. The normalized spacial score (nSPS) is 17.6. The zero-order valence-electron chi connectivity index (χ0n) is 22.4. The van der Waals surface area contributed by atoms with Gasteiger partial charge in [-0.3, -0.25) is 14.8 Å². The molecule has 2 atom stereocenters. The number of nitrogens with one attached hydrogen (secondary N) is 2. The maximum atomic E-state index is 13.1. The maximum absolute atomic E-state index is 13.1. The molecule has 0 aliphatic carbocycles. The van der Waals surface area contributed by atoms with Crippen molar-refractivity contribution in [3.63, 3.8) is 0 Å². The fraction of sp³-hybridized carbons (Fsp3) is 0.414. The van der Waals surface area contributed by atoms with Crippen LogP contribution in [-0.4, -0.2) is 52.7 Å². The summed E-state index contributed by atoms with van der Waals surface area (Å²) in [5.41, 5.74) is 4.39. The van der Waals surface area contributed by atoms with Gasteiger partial charge in [-0.2, -0.15) is 0 Å². The Morgan fingerprint density at radius 1 is 1.08 bits per heavy atom. The molecule has 2 aromatic carbocycles. The third-order valence-electron chi connectivity index (χ3n) is 6.59. The summed E-state index contributed by atoms with van der Waals surface area (Å²) in [5, 5.41) is 13.1. The third-order valence-corrected chi connectivity index (χ3v) is 6.59. The second-order valence-electron chi connectivity index (χ2n) is 11.0. The van der Waals surface area contributed by atoms with Crippen molar-refractivity contribution in [2.24, 2.45) is 5.92 Å². The maximum Gasteiger partial charge on any atom is 0.410 e. The van der Waals surface area contributed by atoms with Crippen molar-refractivity contribution in [3.05, 3.63) is 71.0 Å². The van der Waals surface area contributed by atoms with E-state index in [-0.39, 0.29) is 24.9 Å². The van der Waals surface area contributed by atoms with E-state index in [1.165, 1.54) is 4.90 Å². The van der Waals surface area contributed by atoms with Crippen LogP contribution in [0.25, 0.3) is 11.0 Å². The summed E-state index contributed by atoms with van der Waals surface area (Å²) < 4.78 is 11.5. The Kier molecular flexibility index (Phi) is 7.78. The van der Waals surface area contributed by atoms with Crippen LogP contribution in [0.4, 0.5) is 4.79 Å². The molecule has 38 heavy (non-hydrogen) atoms. The van der Waals surface area contributed by atoms with Crippen LogP contribution in [0, 0.1) is 5.92 Å². The molecule has 1 fully saturated rings. The van der Waals surface area contributed by atoms with Gasteiger partial charge in [0, 0.05) is 41.9 Å². The number of hydroxylamine groups is 1. The van der Waals surface area contributed by atoms with Gasteiger partial charge in [0.05, 0.1) is 12.0 Å². The number of carbonyl (C=O) groups excluding carboxylic acids is 3. The molecule has 1 saturated heterocycles. The third kappa shape index (κ3) is 5.99. The van der Waals surface area contributed by atoms with E-state index in [4.69, 9.17) is 9.15 Å². The van der Waals surface area contributed by atoms with Crippen LogP contribution in [0.15, 0.2) is 52.9 Å². The number of likely N-dealkylation sites (tertiary alicyclic amines) is 1. The van der Waals surface area contributed by atoms with Gasteiger partial charge in [0.1, 0.15) is 16.9 Å². The molecule has 1 aliphatic heterocycles. The van der Waals surface area contributed by atoms with Crippen molar-refractivity contribution >= 4 is 28.9 Å². The predicted molar refractivity (Wildman–Crippen MR) is 142 cm³/mol. The lowest BCUT2D eigenvalue weighted by atomic mass is 9.97. The number of carbonyl (C=O) groups is 3. The molecule has 9 heteroatoms. The van der Waals surface area contributed by atoms with Crippen molar-refractivity contribution in [2.45, 2.75) is 58.6 Å². The molecule has 0 saturated carbocycles. The highest BCUT2D eigenvalue weighted by Crippen LogP contribution is 2.32. The van der Waals surface area contributed by atoms with E-state index in [1.807, 2.05) is 30.3 Å². The van der Waals surface area contributed by atoms with Gasteiger partial charge in [0.2, 0.25) is 5.91 Å². The molecular weight excluding hydrogens is 486 g/mol. The smallest absolute Gasteiger partial charge is 0.410 e. The van der Waals surface area contributed by atoms with Crippen LogP contribution >= 0.6 is 0 Å². The van der Waals surface area contributed by atoms with Crippen LogP contribution < -0.4 is 10.8 Å². The minimum absolute atomic E-state index is 0.0159. The predicted octanol–water partition coefficient (Wildman–Crippen LogP) is 4.62. The van der Waals surface area contributed by atoms with Crippen LogP contribution in [-0.2, 0) is 16.0 Å². The molecule has 2 heterocycles. The van der Waals surface area contributed by atoms with E-state index in [2.05, 4.69) is 25.2 Å². The number of nitrogens with zero attached hydrogens (tertiary/aromatic N) is 1. The number of amides is 3. The topological polar surface area (TPSA) is 121 Å². The Hall–Kier alpha value is -3.85. The van der Waals surface area contributed by atoms with Crippen molar-refractivity contribution in [2.75, 3.05) is 13.1 Å². The number of para-hydroxylation sites is 1. The van der Waals surface area contributed by atoms with Crippen LogP contribution in [0.1, 0.15) is 67.8 Å². The lowest BCUT2D eigenvalue weighted by molar-refractivity contribution is -0.133. The number of rotatable bonds is 6. The summed E-state index contributed by atoms with van der Waals surface area (Å²) >= 11 is 0. The Labute approximate surface area is 222 Å². The molecule has 0 unspecified atom stereocenters. The highest BCUT2D eigenvalue weighted by molar-refractivity contribution is 5.95. The quantitative estimate of drug-likeness (QED) is 0.322. The van der Waals surface area contributed by atoms with Gasteiger partial charge in [0.25, 0.3) is 5.91 Å². The average molecular weight is 522 g/mol. The lowest BCUT2D eigenvalue weighted by Crippen LogP contribution is -2.45. The zero-order valence-corrected chi connectivity index (χ0v) is 22.4. The summed E-state index contributed by atoms with van der Waals surface area (Å²) in [6.07, 6.45) is 0.0837. The number of ether oxygens (including phenoxy) is 1. The highest BCUT2D eigenvalue weighted by Gasteiger charge is 2.42. The Morgan fingerprint density at radius 2 is 1.76 bits per heavy atom. The minimum Gasteiger partial charge on any atom is -0.460 e. The van der Waals surface area contributed by atoms with E-state index in [9.17, 15) is 19.6 Å². The molecule has 1 aliphatic rings. The SMILES string of the molecule is CC(C)c1oc2ccccc2c1Cc1ccc(C(=O)N[C@@H]2CN(C(=O)OC(C)(C)C)C[C@@H]2C(=O)NO)cc1. The summed E-state index contributed by atoms with van der Waals surface area (Å²) in [5.74, 6) is -0.681. The zero-order chi connectivity index (χ0) is 27.6.